The molecule has 0 aliphatic carbocycles. The first kappa shape index (κ1) is 28.4. The summed E-state index contributed by atoms with van der Waals surface area (Å²) in [7, 11) is -3.69. The monoisotopic (exact) mass is 576 g/mol. The van der Waals surface area contributed by atoms with E-state index in [0.29, 0.717) is 13.1 Å². The Kier molecular flexibility index (Phi) is 12.3. The van der Waals surface area contributed by atoms with E-state index in [1.54, 1.807) is 18.4 Å². The van der Waals surface area contributed by atoms with Crippen LogP contribution in [-0.4, -0.2) is 27.5 Å². The molecule has 0 saturated heterocycles. The molecule has 0 bridgehead atoms. The highest BCUT2D eigenvalue weighted by Crippen LogP contribution is 2.22. The molecular weight excluding hydrogens is 539 g/mol. The number of nitrogens with one attached hydrogen (secondary N) is 2. The van der Waals surface area contributed by atoms with E-state index in [1.807, 2.05) is 12.1 Å². The maximum absolute atomic E-state index is 11.4. The number of nitrogens with two attached hydrogens (primary N) is 1. The number of hydrogen-bond donors (Lipinski definition) is 3. The molecule has 0 atom stereocenters. The molecule has 7 nitrogen and oxygen atoms in total. The number of halogens is 1. The first-order valence-electron chi connectivity index (χ1n) is 10.9. The first-order chi connectivity index (χ1) is 14.7. The summed E-state index contributed by atoms with van der Waals surface area (Å²) in [6, 6.07) is 10.3. The number of nitrogens with zero attached hydrogens (tertiary/aromatic N) is 1. The van der Waals surface area contributed by atoms with Crippen LogP contribution < -0.4 is 15.8 Å². The molecule has 0 radical (unpaired) electrons. The van der Waals surface area contributed by atoms with E-state index in [1.165, 1.54) is 31.4 Å². The lowest BCUT2D eigenvalue weighted by Gasteiger charge is -2.26. The Morgan fingerprint density at radius 1 is 1.12 bits per heavy atom. The van der Waals surface area contributed by atoms with E-state index in [0.717, 1.165) is 36.7 Å². The molecule has 4 N–H and O–H groups in total. The molecule has 0 aliphatic heterocycles. The molecule has 2 aromatic rings. The molecule has 0 fully saturated rings. The van der Waals surface area contributed by atoms with Crippen molar-refractivity contribution in [1.29, 1.82) is 0 Å². The highest BCUT2D eigenvalue weighted by molar-refractivity contribution is 14.0. The Balaban J connectivity index is 0.00000512. The maximum atomic E-state index is 11.4. The molecule has 0 amide bonds. The third kappa shape index (κ3) is 10.8. The second-order valence-corrected chi connectivity index (χ2v) is 10.1. The van der Waals surface area contributed by atoms with Gasteiger partial charge in [-0.2, -0.15) is 0 Å². The number of furan rings is 1. The second kappa shape index (κ2) is 13.8. The Labute approximate surface area is 209 Å². The average Bonchev–Trinajstić information content (AvgIpc) is 3.23. The van der Waals surface area contributed by atoms with Crippen LogP contribution in [-0.2, 0) is 23.0 Å². The predicted molar refractivity (Wildman–Crippen MR) is 141 cm³/mol. The van der Waals surface area contributed by atoms with Gasteiger partial charge in [0, 0.05) is 19.5 Å². The predicted octanol–water partition coefficient (Wildman–Crippen LogP) is 4.43. The lowest BCUT2D eigenvalue weighted by atomic mass is 9.87. The molecule has 0 saturated carbocycles. The second-order valence-electron chi connectivity index (χ2n) is 8.58. The van der Waals surface area contributed by atoms with Gasteiger partial charge in [0.25, 0.3) is 0 Å². The van der Waals surface area contributed by atoms with Gasteiger partial charge in [-0.25, -0.2) is 18.5 Å². The number of hydrogen-bond acceptors (Lipinski definition) is 4. The van der Waals surface area contributed by atoms with Crippen molar-refractivity contribution in [3.63, 3.8) is 0 Å². The standard InChI is InChI=1S/C23H36N4O3S.HI/c1-4-5-6-14-23(2,3)18-27-22(25-15-13-20-8-7-16-30-20)26-17-19-9-11-21(12-10-19)31(24,28)29;/h7-12,16H,4-6,13-15,17-18H2,1-3H3,(H2,24,28,29)(H2,25,26,27);1H. The van der Waals surface area contributed by atoms with Crippen molar-refractivity contribution in [2.75, 3.05) is 13.1 Å². The van der Waals surface area contributed by atoms with Gasteiger partial charge in [0.2, 0.25) is 10.0 Å². The molecule has 0 spiro atoms. The molecule has 1 aromatic carbocycles. The van der Waals surface area contributed by atoms with Crippen LogP contribution in [0.15, 0.2) is 57.0 Å². The highest BCUT2D eigenvalue weighted by atomic mass is 127. The van der Waals surface area contributed by atoms with Crippen LogP contribution in [0, 0.1) is 5.41 Å². The van der Waals surface area contributed by atoms with Gasteiger partial charge in [0.1, 0.15) is 5.76 Å². The molecule has 2 rings (SSSR count). The normalized spacial score (nSPS) is 12.3. The summed E-state index contributed by atoms with van der Waals surface area (Å²) in [4.78, 5) is 4.79. The summed E-state index contributed by atoms with van der Waals surface area (Å²) in [5.41, 5.74) is 1.07. The van der Waals surface area contributed by atoms with Gasteiger partial charge >= 0.3 is 0 Å². The van der Waals surface area contributed by atoms with E-state index in [9.17, 15) is 8.42 Å². The zero-order chi connectivity index (χ0) is 22.7. The van der Waals surface area contributed by atoms with Crippen molar-refractivity contribution in [1.82, 2.24) is 10.6 Å². The molecule has 0 aliphatic rings. The summed E-state index contributed by atoms with van der Waals surface area (Å²) in [6.45, 7) is 8.68. The molecular formula is C23H37IN4O3S. The molecule has 9 heteroatoms. The van der Waals surface area contributed by atoms with E-state index in [4.69, 9.17) is 9.56 Å². The molecule has 180 valence electrons. The van der Waals surface area contributed by atoms with E-state index < -0.39 is 10.0 Å². The van der Waals surface area contributed by atoms with Crippen molar-refractivity contribution in [3.05, 3.63) is 54.0 Å². The van der Waals surface area contributed by atoms with E-state index >= 15 is 0 Å². The largest absolute Gasteiger partial charge is 0.469 e. The van der Waals surface area contributed by atoms with Crippen LogP contribution in [0.2, 0.25) is 0 Å². The van der Waals surface area contributed by atoms with Gasteiger partial charge in [-0.1, -0.05) is 52.2 Å². The number of rotatable bonds is 12. The smallest absolute Gasteiger partial charge is 0.238 e. The molecule has 1 heterocycles. The zero-order valence-corrected chi connectivity index (χ0v) is 22.4. The van der Waals surface area contributed by atoms with Gasteiger partial charge in [-0.15, -0.1) is 24.0 Å². The average molecular weight is 577 g/mol. The third-order valence-corrected chi connectivity index (χ3v) is 6.04. The summed E-state index contributed by atoms with van der Waals surface area (Å²) in [6.07, 6.45) is 7.28. The number of aliphatic imine (C=N–C) groups is 1. The van der Waals surface area contributed by atoms with E-state index in [2.05, 4.69) is 36.4 Å². The van der Waals surface area contributed by atoms with Crippen molar-refractivity contribution >= 4 is 40.0 Å². The number of unbranched alkanes of at least 4 members (excludes halogenated alkanes) is 2. The van der Waals surface area contributed by atoms with Crippen LogP contribution in [0.3, 0.4) is 0 Å². The quantitative estimate of drug-likeness (QED) is 0.150. The van der Waals surface area contributed by atoms with E-state index in [-0.39, 0.29) is 34.3 Å². The summed E-state index contributed by atoms with van der Waals surface area (Å²) in [5.74, 6) is 1.65. The Hall–Kier alpha value is -1.59. The number of guanidine groups is 1. The lowest BCUT2D eigenvalue weighted by Crippen LogP contribution is -2.42. The van der Waals surface area contributed by atoms with Crippen molar-refractivity contribution in [2.45, 2.75) is 64.3 Å². The first-order valence-corrected chi connectivity index (χ1v) is 12.4. The fraction of sp³-hybridized carbons (Fsp3) is 0.522. The fourth-order valence-electron chi connectivity index (χ4n) is 3.15. The Morgan fingerprint density at radius 2 is 1.84 bits per heavy atom. The van der Waals surface area contributed by atoms with Crippen molar-refractivity contribution in [3.8, 4) is 0 Å². The highest BCUT2D eigenvalue weighted by Gasteiger charge is 2.17. The van der Waals surface area contributed by atoms with Gasteiger partial charge in [0.05, 0.1) is 17.7 Å². The summed E-state index contributed by atoms with van der Waals surface area (Å²) < 4.78 is 28.2. The lowest BCUT2D eigenvalue weighted by molar-refractivity contribution is 0.318. The van der Waals surface area contributed by atoms with Crippen molar-refractivity contribution < 1.29 is 12.8 Å². The van der Waals surface area contributed by atoms with Crippen LogP contribution in [0.4, 0.5) is 0 Å². The summed E-state index contributed by atoms with van der Waals surface area (Å²) in [5, 5.41) is 12.0. The SMILES string of the molecule is CCCCCC(C)(C)CNC(=NCc1ccc(S(N)(=O)=O)cc1)NCCc1ccco1.I. The maximum Gasteiger partial charge on any atom is 0.238 e. The van der Waals surface area contributed by atoms with Gasteiger partial charge in [-0.05, 0) is 41.7 Å². The van der Waals surface area contributed by atoms with Gasteiger partial charge in [0.15, 0.2) is 5.96 Å². The molecule has 32 heavy (non-hydrogen) atoms. The minimum Gasteiger partial charge on any atom is -0.469 e. The van der Waals surface area contributed by atoms with Crippen molar-refractivity contribution in [2.24, 2.45) is 15.5 Å². The minimum absolute atomic E-state index is 0. The molecule has 1 aromatic heterocycles. The summed E-state index contributed by atoms with van der Waals surface area (Å²) >= 11 is 0. The zero-order valence-electron chi connectivity index (χ0n) is 19.3. The van der Waals surface area contributed by atoms with Crippen LogP contribution in [0.1, 0.15) is 57.8 Å². The Bertz CT molecular complexity index is 911. The number of primary sulfonamides is 1. The number of benzene rings is 1. The Morgan fingerprint density at radius 3 is 2.44 bits per heavy atom. The van der Waals surface area contributed by atoms with Crippen LogP contribution in [0.5, 0.6) is 0 Å². The van der Waals surface area contributed by atoms with Gasteiger partial charge in [-0.3, -0.25) is 0 Å². The van der Waals surface area contributed by atoms with Crippen LogP contribution in [0.25, 0.3) is 0 Å². The topological polar surface area (TPSA) is 110 Å². The van der Waals surface area contributed by atoms with Crippen LogP contribution >= 0.6 is 24.0 Å². The van der Waals surface area contributed by atoms with Gasteiger partial charge < -0.3 is 15.1 Å². The minimum atomic E-state index is -3.69. The fourth-order valence-corrected chi connectivity index (χ4v) is 3.67. The molecule has 0 unspecified atom stereocenters. The third-order valence-electron chi connectivity index (χ3n) is 5.11. The number of sulfonamides is 1.